The second-order valence-electron chi connectivity index (χ2n) is 6.97. The Bertz CT molecular complexity index is 1070. The minimum Gasteiger partial charge on any atom is -0.422 e. The molecule has 11 nitrogen and oxygen atoms in total. The Morgan fingerprint density at radius 3 is 2.23 bits per heavy atom. The molecule has 0 N–H and O–H groups in total. The number of hydroxylamine groups is 2. The number of alkyl halides is 3. The minimum absolute atomic E-state index is 0.0465. The first-order chi connectivity index (χ1) is 16.3. The third-order valence-corrected chi connectivity index (χ3v) is 5.99. The fourth-order valence-electron chi connectivity index (χ4n) is 2.64. The Balaban J connectivity index is 0.00000111. The molecular weight excluding hydrogens is 504 g/mol. The van der Waals surface area contributed by atoms with Gasteiger partial charge in [0.25, 0.3) is 11.8 Å². The monoisotopic (exact) mass is 526 g/mol. The molecule has 35 heavy (non-hydrogen) atoms. The van der Waals surface area contributed by atoms with Gasteiger partial charge in [-0.1, -0.05) is 38.2 Å². The van der Waals surface area contributed by atoms with E-state index in [0.29, 0.717) is 12.1 Å². The number of rotatable bonds is 8. The van der Waals surface area contributed by atoms with Crippen LogP contribution in [0.2, 0.25) is 0 Å². The molecule has 1 fully saturated rings. The molecule has 0 aromatic heterocycles. The third kappa shape index (κ3) is 9.05. The third-order valence-electron chi connectivity index (χ3n) is 4.24. The maximum Gasteiger partial charge on any atom is 0.534 e. The van der Waals surface area contributed by atoms with Gasteiger partial charge in [0.05, 0.1) is 16.2 Å². The number of halogens is 4. The molecule has 1 aliphatic rings. The van der Waals surface area contributed by atoms with Gasteiger partial charge in [-0.05, 0) is 28.8 Å². The van der Waals surface area contributed by atoms with Crippen molar-refractivity contribution in [3.8, 4) is 0 Å². The highest BCUT2D eigenvalue weighted by Crippen LogP contribution is 2.35. The molecule has 0 radical (unpaired) electrons. The number of imide groups is 1. The summed E-state index contributed by atoms with van der Waals surface area (Å²) >= 11 is 0. The van der Waals surface area contributed by atoms with Gasteiger partial charge in [0, 0.05) is 17.8 Å². The highest BCUT2D eigenvalue weighted by molar-refractivity contribution is 7.91. The Kier molecular flexibility index (Phi) is 10.9. The van der Waals surface area contributed by atoms with Crippen LogP contribution in [0.3, 0.4) is 0 Å². The van der Waals surface area contributed by atoms with E-state index in [4.69, 9.17) is 5.53 Å². The summed E-state index contributed by atoms with van der Waals surface area (Å²) in [5.74, 6) is -4.62. The van der Waals surface area contributed by atoms with Crippen LogP contribution in [0.4, 0.5) is 22.4 Å². The molecule has 0 spiro atoms. The van der Waals surface area contributed by atoms with Crippen LogP contribution in [0, 0.1) is 5.82 Å². The number of benzene rings is 1. The number of unbranched alkanes of at least 4 members (excludes halogenated alkanes) is 2. The molecule has 16 heteroatoms. The number of carbonyl (C=O) groups excluding carboxylic acids is 3. The van der Waals surface area contributed by atoms with Crippen LogP contribution in [0.5, 0.6) is 0 Å². The van der Waals surface area contributed by atoms with Gasteiger partial charge < -0.3 is 4.74 Å². The number of ether oxygens (including phenoxy) is 1. The van der Waals surface area contributed by atoms with Gasteiger partial charge in [0.15, 0.2) is 16.1 Å². The lowest BCUT2D eigenvalue weighted by Crippen LogP contribution is -2.34. The molecule has 0 bridgehead atoms. The van der Waals surface area contributed by atoms with Crippen LogP contribution in [0.1, 0.15) is 51.5 Å². The summed E-state index contributed by atoms with van der Waals surface area (Å²) in [7, 11) is -4.94. The summed E-state index contributed by atoms with van der Waals surface area (Å²) in [6.07, 6.45) is -5.73. The molecule has 1 heterocycles. The van der Waals surface area contributed by atoms with Crippen molar-refractivity contribution in [3.05, 3.63) is 40.0 Å². The second-order valence-corrected chi connectivity index (χ2v) is 8.98. The van der Waals surface area contributed by atoms with Crippen LogP contribution in [-0.2, 0) is 35.2 Å². The number of hydrogen-bond acceptors (Lipinski definition) is 8. The van der Waals surface area contributed by atoms with Crippen LogP contribution in [0.15, 0.2) is 28.2 Å². The minimum atomic E-state index is -5.24. The first-order valence-corrected chi connectivity index (χ1v) is 11.8. The zero-order chi connectivity index (χ0) is 26.8. The zero-order valence-electron chi connectivity index (χ0n) is 18.6. The molecule has 1 aliphatic heterocycles. The SMILES string of the molecule is CCCCC.[N-]=[N+]=NC(CS(=O)(=O)c1ccc(F)cc1C(F)(F)F)OC(=O)ON1C(=O)CCC1=O. The van der Waals surface area contributed by atoms with Crippen molar-refractivity contribution in [2.24, 2.45) is 5.11 Å². The van der Waals surface area contributed by atoms with E-state index in [2.05, 4.69) is 33.4 Å². The maximum atomic E-state index is 13.2. The largest absolute Gasteiger partial charge is 0.534 e. The average molecular weight is 526 g/mol. The maximum absolute atomic E-state index is 13.2. The molecule has 1 saturated heterocycles. The summed E-state index contributed by atoms with van der Waals surface area (Å²) in [6.45, 7) is 4.42. The van der Waals surface area contributed by atoms with Crippen LogP contribution in [0.25, 0.3) is 10.4 Å². The van der Waals surface area contributed by atoms with E-state index in [1.54, 1.807) is 0 Å². The quantitative estimate of drug-likeness (QED) is 0.0906. The summed E-state index contributed by atoms with van der Waals surface area (Å²) in [6, 6.07) is 0.764. The van der Waals surface area contributed by atoms with E-state index in [1.807, 2.05) is 0 Å². The fraction of sp³-hybridized carbons (Fsp3) is 0.526. The van der Waals surface area contributed by atoms with Gasteiger partial charge >= 0.3 is 12.3 Å². The van der Waals surface area contributed by atoms with Crippen LogP contribution >= 0.6 is 0 Å². The van der Waals surface area contributed by atoms with E-state index in [9.17, 15) is 40.4 Å². The highest BCUT2D eigenvalue weighted by atomic mass is 32.2. The van der Waals surface area contributed by atoms with Crippen molar-refractivity contribution in [2.45, 2.75) is 63.3 Å². The zero-order valence-corrected chi connectivity index (χ0v) is 19.4. The summed E-state index contributed by atoms with van der Waals surface area (Å²) in [5, 5.41) is 2.88. The van der Waals surface area contributed by atoms with Crippen LogP contribution in [-0.4, -0.2) is 43.4 Å². The van der Waals surface area contributed by atoms with Gasteiger partial charge in [0.2, 0.25) is 0 Å². The average Bonchev–Trinajstić information content (AvgIpc) is 3.05. The molecule has 2 amide bonds. The first kappa shape index (κ1) is 29.6. The van der Waals surface area contributed by atoms with Gasteiger partial charge in [-0.25, -0.2) is 17.6 Å². The molecule has 1 atom stereocenters. The number of carbonyl (C=O) groups is 3. The van der Waals surface area contributed by atoms with E-state index >= 15 is 0 Å². The molecule has 0 saturated carbocycles. The number of amides is 2. The van der Waals surface area contributed by atoms with Crippen molar-refractivity contribution in [3.63, 3.8) is 0 Å². The number of sulfone groups is 1. The normalized spacial score (nSPS) is 14.5. The lowest BCUT2D eigenvalue weighted by molar-refractivity contribution is -0.178. The van der Waals surface area contributed by atoms with Gasteiger partial charge in [-0.3, -0.25) is 14.4 Å². The molecule has 1 unspecified atom stereocenters. The molecule has 1 aromatic carbocycles. The Morgan fingerprint density at radius 1 is 1.20 bits per heavy atom. The molecule has 1 aromatic rings. The van der Waals surface area contributed by atoms with E-state index < -0.39 is 62.2 Å². The number of hydrogen-bond donors (Lipinski definition) is 0. The van der Waals surface area contributed by atoms with Crippen LogP contribution < -0.4 is 0 Å². The summed E-state index contributed by atoms with van der Waals surface area (Å²) in [4.78, 5) is 39.5. The summed E-state index contributed by atoms with van der Waals surface area (Å²) < 4.78 is 81.5. The van der Waals surface area contributed by atoms with Gasteiger partial charge in [-0.15, -0.1) is 0 Å². The topological polar surface area (TPSA) is 156 Å². The van der Waals surface area contributed by atoms with Crippen molar-refractivity contribution in [2.75, 3.05) is 5.75 Å². The Morgan fingerprint density at radius 2 is 1.77 bits per heavy atom. The molecule has 2 rings (SSSR count). The molecule has 194 valence electrons. The lowest BCUT2D eigenvalue weighted by Gasteiger charge is -2.17. The van der Waals surface area contributed by atoms with Crippen molar-refractivity contribution in [1.29, 1.82) is 0 Å². The molecular formula is C19H22F4N4O7S. The second kappa shape index (κ2) is 12.9. The predicted octanol–water partition coefficient (Wildman–Crippen LogP) is 4.67. The highest BCUT2D eigenvalue weighted by Gasteiger charge is 2.39. The fourth-order valence-corrected chi connectivity index (χ4v) is 4.11. The Hall–Kier alpha value is -3.39. The number of azide groups is 1. The van der Waals surface area contributed by atoms with Gasteiger partial charge in [0.1, 0.15) is 5.82 Å². The van der Waals surface area contributed by atoms with E-state index in [-0.39, 0.29) is 24.0 Å². The standard InChI is InChI=1S/C14H10F4N4O7S.C5H12/c15-7-1-2-9(8(5-7)14(16,17)18)30(26,27)6-10(20-21-19)28-13(25)29-22-11(23)3-4-12(22)24;1-3-5-4-2/h1-2,5,10H,3-4,6H2;3-5H2,1-2H3. The van der Waals surface area contributed by atoms with Crippen molar-refractivity contribution >= 4 is 27.8 Å². The first-order valence-electron chi connectivity index (χ1n) is 10.1. The lowest BCUT2D eigenvalue weighted by atomic mass is 10.2. The van der Waals surface area contributed by atoms with Crippen molar-refractivity contribution < 1.29 is 49.9 Å². The predicted molar refractivity (Wildman–Crippen MR) is 110 cm³/mol. The van der Waals surface area contributed by atoms with E-state index in [1.165, 1.54) is 19.3 Å². The summed E-state index contributed by atoms with van der Waals surface area (Å²) in [5.41, 5.74) is 6.67. The Labute approximate surface area is 197 Å². The molecule has 0 aliphatic carbocycles. The number of nitrogens with zero attached hydrogens (tertiary/aromatic N) is 4. The van der Waals surface area contributed by atoms with Crippen molar-refractivity contribution in [1.82, 2.24) is 5.06 Å². The van der Waals surface area contributed by atoms with Gasteiger partial charge in [-0.2, -0.15) is 13.2 Å². The smallest absolute Gasteiger partial charge is 0.422 e. The van der Waals surface area contributed by atoms with E-state index in [0.717, 1.165) is 0 Å².